The number of hydrogen-bond acceptors (Lipinski definition) is 3. The Bertz CT molecular complexity index is 1240. The molecular weight excluding hydrogens is 388 g/mol. The predicted molar refractivity (Wildman–Crippen MR) is 120 cm³/mol. The standard InChI is InChI=1S/C26H20N2O3/c1-27-23(17-9-5-3-6-10-17)21-22(25(27)29)24(18-11-7-4-8-12-18)28(26(21)30)19-13-15-20(31-2)16-14-19/h3-16H,1-2H3. The number of carbonyl (C=O) groups excluding carboxylic acids is 2. The number of likely N-dealkylation sites (N-methyl/N-ethyl adjacent to an activating group) is 1. The molecule has 0 saturated heterocycles. The largest absolute Gasteiger partial charge is 0.497 e. The Labute approximate surface area is 180 Å². The van der Waals surface area contributed by atoms with E-state index in [1.807, 2.05) is 84.9 Å². The first-order valence-corrected chi connectivity index (χ1v) is 9.98. The summed E-state index contributed by atoms with van der Waals surface area (Å²) in [5.41, 5.74) is 4.45. The van der Waals surface area contributed by atoms with Crippen molar-refractivity contribution in [2.45, 2.75) is 0 Å². The van der Waals surface area contributed by atoms with Crippen LogP contribution in [0.5, 0.6) is 5.75 Å². The second kappa shape index (κ2) is 7.29. The van der Waals surface area contributed by atoms with Crippen molar-refractivity contribution < 1.29 is 14.3 Å². The number of anilines is 1. The van der Waals surface area contributed by atoms with Crippen molar-refractivity contribution in [1.29, 1.82) is 0 Å². The normalized spacial score (nSPS) is 15.8. The van der Waals surface area contributed by atoms with Gasteiger partial charge in [0.2, 0.25) is 0 Å². The molecule has 2 heterocycles. The smallest absolute Gasteiger partial charge is 0.265 e. The maximum atomic E-state index is 13.8. The van der Waals surface area contributed by atoms with E-state index in [0.29, 0.717) is 34.0 Å². The van der Waals surface area contributed by atoms with Gasteiger partial charge in [-0.05, 0) is 35.4 Å². The van der Waals surface area contributed by atoms with Crippen LogP contribution in [0.3, 0.4) is 0 Å². The number of rotatable bonds is 4. The van der Waals surface area contributed by atoms with Crippen LogP contribution in [0, 0.1) is 0 Å². The van der Waals surface area contributed by atoms with E-state index in [0.717, 1.165) is 11.1 Å². The number of nitrogens with zero attached hydrogens (tertiary/aromatic N) is 2. The van der Waals surface area contributed by atoms with Crippen molar-refractivity contribution >= 4 is 28.9 Å². The second-order valence-electron chi connectivity index (χ2n) is 7.38. The average molecular weight is 408 g/mol. The van der Waals surface area contributed by atoms with E-state index in [1.54, 1.807) is 24.0 Å². The summed E-state index contributed by atoms with van der Waals surface area (Å²) in [5.74, 6) is 0.303. The molecule has 0 radical (unpaired) electrons. The van der Waals surface area contributed by atoms with Crippen LogP contribution >= 0.6 is 0 Å². The van der Waals surface area contributed by atoms with Crippen molar-refractivity contribution in [3.63, 3.8) is 0 Å². The molecule has 0 bridgehead atoms. The number of fused-ring (bicyclic) bond motifs is 1. The molecule has 3 aromatic carbocycles. The summed E-state index contributed by atoms with van der Waals surface area (Å²) in [6, 6.07) is 26.4. The first-order chi connectivity index (χ1) is 15.1. The van der Waals surface area contributed by atoms with Crippen molar-refractivity contribution in [3.05, 3.63) is 107 Å². The fourth-order valence-corrected chi connectivity index (χ4v) is 4.20. The summed E-state index contributed by atoms with van der Waals surface area (Å²) in [6.45, 7) is 0. The SMILES string of the molecule is COc1ccc(N2C(=O)C3=C(c4ccccc4)N(C)C(=O)C3=C2c2ccccc2)cc1. The molecule has 152 valence electrons. The highest BCUT2D eigenvalue weighted by atomic mass is 16.5. The Morgan fingerprint density at radius 2 is 1.16 bits per heavy atom. The minimum Gasteiger partial charge on any atom is -0.497 e. The van der Waals surface area contributed by atoms with Crippen molar-refractivity contribution in [2.24, 2.45) is 0 Å². The molecule has 5 rings (SSSR count). The average Bonchev–Trinajstić information content (AvgIpc) is 3.26. The highest BCUT2D eigenvalue weighted by Gasteiger charge is 2.48. The van der Waals surface area contributed by atoms with Gasteiger partial charge >= 0.3 is 0 Å². The van der Waals surface area contributed by atoms with Crippen LogP contribution in [0.15, 0.2) is 96.1 Å². The molecule has 2 amide bonds. The third-order valence-electron chi connectivity index (χ3n) is 5.64. The monoisotopic (exact) mass is 408 g/mol. The van der Waals surface area contributed by atoms with E-state index in [9.17, 15) is 9.59 Å². The summed E-state index contributed by atoms with van der Waals surface area (Å²) >= 11 is 0. The lowest BCUT2D eigenvalue weighted by Gasteiger charge is -2.23. The number of ether oxygens (including phenoxy) is 1. The van der Waals surface area contributed by atoms with Crippen LogP contribution in [0.2, 0.25) is 0 Å². The molecule has 0 fully saturated rings. The molecule has 0 N–H and O–H groups in total. The van der Waals surface area contributed by atoms with Gasteiger partial charge in [-0.2, -0.15) is 0 Å². The van der Waals surface area contributed by atoms with Crippen molar-refractivity contribution in [1.82, 2.24) is 4.90 Å². The Balaban J connectivity index is 1.78. The van der Waals surface area contributed by atoms with Crippen LogP contribution in [-0.4, -0.2) is 30.9 Å². The Morgan fingerprint density at radius 1 is 0.645 bits per heavy atom. The molecule has 0 saturated carbocycles. The molecule has 31 heavy (non-hydrogen) atoms. The summed E-state index contributed by atoms with van der Waals surface area (Å²) in [7, 11) is 3.32. The second-order valence-corrected chi connectivity index (χ2v) is 7.38. The zero-order chi connectivity index (χ0) is 21.5. The van der Waals surface area contributed by atoms with Crippen molar-refractivity contribution in [2.75, 3.05) is 19.1 Å². The fourth-order valence-electron chi connectivity index (χ4n) is 4.20. The van der Waals surface area contributed by atoms with Crippen LogP contribution in [0.4, 0.5) is 5.69 Å². The lowest BCUT2D eigenvalue weighted by molar-refractivity contribution is -0.122. The van der Waals surface area contributed by atoms with Crippen LogP contribution in [0.25, 0.3) is 11.4 Å². The summed E-state index contributed by atoms with van der Waals surface area (Å²) in [6.07, 6.45) is 0. The van der Waals surface area contributed by atoms with Gasteiger partial charge in [-0.3, -0.25) is 14.5 Å². The van der Waals surface area contributed by atoms with Gasteiger partial charge in [0.25, 0.3) is 11.8 Å². The molecule has 5 nitrogen and oxygen atoms in total. The number of hydrogen-bond donors (Lipinski definition) is 0. The van der Waals surface area contributed by atoms with Crippen molar-refractivity contribution in [3.8, 4) is 5.75 Å². The van der Waals surface area contributed by atoms with Gasteiger partial charge in [0.05, 0.1) is 29.7 Å². The summed E-state index contributed by atoms with van der Waals surface area (Å²) in [5, 5.41) is 0. The highest BCUT2D eigenvalue weighted by molar-refractivity contribution is 6.36. The minimum absolute atomic E-state index is 0.183. The lowest BCUT2D eigenvalue weighted by atomic mass is 10.0. The van der Waals surface area contributed by atoms with Gasteiger partial charge in [-0.25, -0.2) is 0 Å². The summed E-state index contributed by atoms with van der Waals surface area (Å²) in [4.78, 5) is 30.4. The van der Waals surface area contributed by atoms with Crippen LogP contribution in [-0.2, 0) is 9.59 Å². The van der Waals surface area contributed by atoms with Gasteiger partial charge < -0.3 is 9.64 Å². The Kier molecular flexibility index (Phi) is 4.44. The lowest BCUT2D eigenvalue weighted by Crippen LogP contribution is -2.28. The molecule has 0 unspecified atom stereocenters. The van der Waals surface area contributed by atoms with E-state index in [2.05, 4.69) is 0 Å². The van der Waals surface area contributed by atoms with E-state index in [-0.39, 0.29) is 11.8 Å². The fraction of sp³-hybridized carbons (Fsp3) is 0.0769. The molecule has 3 aromatic rings. The molecule has 0 aliphatic carbocycles. The van der Waals surface area contributed by atoms with E-state index >= 15 is 0 Å². The van der Waals surface area contributed by atoms with Gasteiger partial charge in [0, 0.05) is 12.7 Å². The molecule has 5 heteroatoms. The van der Waals surface area contributed by atoms with E-state index < -0.39 is 0 Å². The molecule has 0 aromatic heterocycles. The zero-order valence-electron chi connectivity index (χ0n) is 17.2. The maximum absolute atomic E-state index is 13.8. The van der Waals surface area contributed by atoms with Crippen LogP contribution in [0.1, 0.15) is 11.1 Å². The molecule has 0 atom stereocenters. The zero-order valence-corrected chi connectivity index (χ0v) is 17.2. The number of amides is 2. The first kappa shape index (κ1) is 18.9. The van der Waals surface area contributed by atoms with Gasteiger partial charge in [0.1, 0.15) is 5.75 Å². The number of carbonyl (C=O) groups is 2. The predicted octanol–water partition coefficient (Wildman–Crippen LogP) is 4.34. The van der Waals surface area contributed by atoms with E-state index in [4.69, 9.17) is 4.74 Å². The first-order valence-electron chi connectivity index (χ1n) is 9.98. The topological polar surface area (TPSA) is 49.9 Å². The molecule has 0 spiro atoms. The molecule has 2 aliphatic rings. The highest BCUT2D eigenvalue weighted by Crippen LogP contribution is 2.47. The minimum atomic E-state index is -0.212. The number of benzene rings is 3. The Hall–Kier alpha value is -4.12. The van der Waals surface area contributed by atoms with E-state index in [1.165, 1.54) is 0 Å². The van der Waals surface area contributed by atoms with Gasteiger partial charge in [0.15, 0.2) is 0 Å². The third-order valence-corrected chi connectivity index (χ3v) is 5.64. The number of methoxy groups -OCH3 is 1. The molecular formula is C26H20N2O3. The van der Waals surface area contributed by atoms with Crippen LogP contribution < -0.4 is 9.64 Å². The third kappa shape index (κ3) is 2.86. The Morgan fingerprint density at radius 3 is 1.71 bits per heavy atom. The quantitative estimate of drug-likeness (QED) is 0.645. The van der Waals surface area contributed by atoms with Gasteiger partial charge in [-0.1, -0.05) is 60.7 Å². The van der Waals surface area contributed by atoms with Gasteiger partial charge in [-0.15, -0.1) is 0 Å². The molecule has 2 aliphatic heterocycles. The summed E-state index contributed by atoms with van der Waals surface area (Å²) < 4.78 is 5.27. The maximum Gasteiger partial charge on any atom is 0.265 e.